The van der Waals surface area contributed by atoms with E-state index in [1.165, 1.54) is 25.7 Å². The molecule has 13 heavy (non-hydrogen) atoms. The van der Waals surface area contributed by atoms with E-state index >= 15 is 0 Å². The van der Waals surface area contributed by atoms with Gasteiger partial charge in [0, 0.05) is 5.71 Å². The number of rotatable bonds is 1. The molecule has 0 aromatic carbocycles. The van der Waals surface area contributed by atoms with Gasteiger partial charge in [0.2, 0.25) is 0 Å². The highest BCUT2D eigenvalue weighted by molar-refractivity contribution is 5.97. The summed E-state index contributed by atoms with van der Waals surface area (Å²) in [5.41, 5.74) is 2.34. The van der Waals surface area contributed by atoms with Crippen LogP contribution < -0.4 is 0 Å². The Morgan fingerprint density at radius 1 is 1.38 bits per heavy atom. The van der Waals surface area contributed by atoms with Gasteiger partial charge in [0.15, 0.2) is 0 Å². The van der Waals surface area contributed by atoms with Crippen LogP contribution in [0.25, 0.3) is 0 Å². The minimum atomic E-state index is 0.479. The van der Waals surface area contributed by atoms with Gasteiger partial charge in [-0.1, -0.05) is 26.8 Å². The molecule has 0 heterocycles. The summed E-state index contributed by atoms with van der Waals surface area (Å²) in [5.74, 6) is 0. The molecular formula is C12H21N. The fraction of sp³-hybridized carbons (Fsp3) is 0.750. The fourth-order valence-electron chi connectivity index (χ4n) is 1.96. The van der Waals surface area contributed by atoms with Crippen molar-refractivity contribution in [2.45, 2.75) is 52.4 Å². The van der Waals surface area contributed by atoms with Crippen molar-refractivity contribution in [2.24, 2.45) is 5.41 Å². The van der Waals surface area contributed by atoms with Crippen LogP contribution in [0.2, 0.25) is 0 Å². The molecule has 1 heteroatoms. The van der Waals surface area contributed by atoms with Crippen LogP contribution in [0.3, 0.4) is 0 Å². The lowest BCUT2D eigenvalue weighted by Gasteiger charge is -2.30. The van der Waals surface area contributed by atoms with Crippen LogP contribution in [-0.4, -0.2) is 5.71 Å². The normalized spacial score (nSPS) is 31.2. The van der Waals surface area contributed by atoms with Gasteiger partial charge in [-0.2, -0.15) is 0 Å². The Bertz CT molecular complexity index is 217. The first-order valence-electron chi connectivity index (χ1n) is 5.33. The maximum absolute atomic E-state index is 7.78. The Balaban J connectivity index is 2.61. The average Bonchev–Trinajstić information content (AvgIpc) is 2.12. The van der Waals surface area contributed by atoms with Gasteiger partial charge in [0.1, 0.15) is 0 Å². The molecule has 0 aromatic rings. The largest absolute Gasteiger partial charge is 0.305 e. The summed E-state index contributed by atoms with van der Waals surface area (Å²) in [6.07, 6.45) is 6.90. The summed E-state index contributed by atoms with van der Waals surface area (Å²) in [5, 5.41) is 7.78. The highest BCUT2D eigenvalue weighted by Gasteiger charge is 2.24. The molecule has 1 N–H and O–H groups in total. The highest BCUT2D eigenvalue weighted by Crippen LogP contribution is 2.36. The number of nitrogens with one attached hydrogen (secondary N) is 1. The van der Waals surface area contributed by atoms with E-state index < -0.39 is 0 Å². The van der Waals surface area contributed by atoms with E-state index in [2.05, 4.69) is 20.4 Å². The molecule has 0 aromatic heterocycles. The van der Waals surface area contributed by atoms with Crippen molar-refractivity contribution in [3.8, 4) is 0 Å². The Morgan fingerprint density at radius 3 is 2.69 bits per heavy atom. The molecule has 1 fully saturated rings. The smallest absolute Gasteiger partial charge is 0.0340 e. The molecule has 1 nitrogen and oxygen atoms in total. The van der Waals surface area contributed by atoms with Gasteiger partial charge in [-0.15, -0.1) is 0 Å². The Morgan fingerprint density at radius 2 is 2.08 bits per heavy atom. The highest BCUT2D eigenvalue weighted by atomic mass is 14.4. The molecule has 1 aliphatic carbocycles. The van der Waals surface area contributed by atoms with E-state index in [9.17, 15) is 0 Å². The van der Waals surface area contributed by atoms with Gasteiger partial charge in [-0.05, 0) is 43.1 Å². The summed E-state index contributed by atoms with van der Waals surface area (Å²) in [6, 6.07) is 0. The van der Waals surface area contributed by atoms with Gasteiger partial charge in [-0.3, -0.25) is 0 Å². The first kappa shape index (κ1) is 10.5. The second kappa shape index (κ2) is 4.08. The maximum atomic E-state index is 7.78. The zero-order valence-corrected chi connectivity index (χ0v) is 8.95. The zero-order valence-electron chi connectivity index (χ0n) is 8.95. The molecule has 0 radical (unpaired) electrons. The van der Waals surface area contributed by atoms with E-state index in [4.69, 9.17) is 5.41 Å². The lowest BCUT2D eigenvalue weighted by Crippen LogP contribution is -2.20. The van der Waals surface area contributed by atoms with Crippen molar-refractivity contribution >= 4 is 5.71 Å². The molecule has 0 amide bonds. The standard InChI is InChI=1S/C12H21N/c1-4-12(3)8-5-6-10(2)11(13)7-9-12/h13H,2,4-9H2,1,3H3. The van der Waals surface area contributed by atoms with Crippen molar-refractivity contribution in [2.75, 3.05) is 0 Å². The monoisotopic (exact) mass is 179 g/mol. The quantitative estimate of drug-likeness (QED) is 0.630. The fourth-order valence-corrected chi connectivity index (χ4v) is 1.96. The van der Waals surface area contributed by atoms with Crippen LogP contribution in [0, 0.1) is 10.8 Å². The first-order valence-corrected chi connectivity index (χ1v) is 5.33. The second-order valence-electron chi connectivity index (χ2n) is 4.60. The summed E-state index contributed by atoms with van der Waals surface area (Å²) < 4.78 is 0. The van der Waals surface area contributed by atoms with Crippen LogP contribution in [0.15, 0.2) is 12.2 Å². The molecule has 1 unspecified atom stereocenters. The molecule has 0 aliphatic heterocycles. The predicted octanol–water partition coefficient (Wildman–Crippen LogP) is 3.94. The van der Waals surface area contributed by atoms with E-state index in [1.54, 1.807) is 0 Å². The number of allylic oxidation sites excluding steroid dienone is 1. The molecule has 1 saturated carbocycles. The van der Waals surface area contributed by atoms with Gasteiger partial charge in [0.25, 0.3) is 0 Å². The van der Waals surface area contributed by atoms with Crippen LogP contribution in [-0.2, 0) is 0 Å². The SMILES string of the molecule is C=C1CCCC(C)(CC)CCC1=N. The molecule has 1 atom stereocenters. The third-order valence-corrected chi connectivity index (χ3v) is 3.52. The van der Waals surface area contributed by atoms with Gasteiger partial charge < -0.3 is 5.41 Å². The molecule has 1 rings (SSSR count). The van der Waals surface area contributed by atoms with Crippen molar-refractivity contribution in [3.05, 3.63) is 12.2 Å². The van der Waals surface area contributed by atoms with Crippen molar-refractivity contribution in [3.63, 3.8) is 0 Å². The molecule has 74 valence electrons. The van der Waals surface area contributed by atoms with Crippen molar-refractivity contribution in [1.82, 2.24) is 0 Å². The number of hydrogen-bond donors (Lipinski definition) is 1. The average molecular weight is 179 g/mol. The molecular weight excluding hydrogens is 158 g/mol. The van der Waals surface area contributed by atoms with E-state index in [0.29, 0.717) is 5.41 Å². The topological polar surface area (TPSA) is 23.9 Å². The van der Waals surface area contributed by atoms with Gasteiger partial charge in [-0.25, -0.2) is 0 Å². The summed E-state index contributed by atoms with van der Waals surface area (Å²) in [6.45, 7) is 8.57. The van der Waals surface area contributed by atoms with Crippen LogP contribution in [0.1, 0.15) is 52.4 Å². The van der Waals surface area contributed by atoms with Crippen molar-refractivity contribution in [1.29, 1.82) is 5.41 Å². The molecule has 0 spiro atoms. The van der Waals surface area contributed by atoms with E-state index in [1.807, 2.05) is 0 Å². The Labute approximate surface area is 81.7 Å². The van der Waals surface area contributed by atoms with Crippen LogP contribution >= 0.6 is 0 Å². The molecule has 0 saturated heterocycles. The van der Waals surface area contributed by atoms with Gasteiger partial charge in [0.05, 0.1) is 0 Å². The van der Waals surface area contributed by atoms with Crippen LogP contribution in [0.4, 0.5) is 0 Å². The second-order valence-corrected chi connectivity index (χ2v) is 4.60. The lowest BCUT2D eigenvalue weighted by atomic mass is 9.75. The molecule has 0 bridgehead atoms. The third-order valence-electron chi connectivity index (χ3n) is 3.52. The summed E-state index contributed by atoms with van der Waals surface area (Å²) in [4.78, 5) is 0. The summed E-state index contributed by atoms with van der Waals surface area (Å²) in [7, 11) is 0. The van der Waals surface area contributed by atoms with E-state index in [-0.39, 0.29) is 0 Å². The summed E-state index contributed by atoms with van der Waals surface area (Å²) >= 11 is 0. The minimum Gasteiger partial charge on any atom is -0.305 e. The van der Waals surface area contributed by atoms with Crippen molar-refractivity contribution < 1.29 is 0 Å². The Kier molecular flexibility index (Phi) is 3.29. The Hall–Kier alpha value is -0.590. The van der Waals surface area contributed by atoms with E-state index in [0.717, 1.165) is 24.1 Å². The maximum Gasteiger partial charge on any atom is 0.0340 e. The minimum absolute atomic E-state index is 0.479. The van der Waals surface area contributed by atoms with Gasteiger partial charge >= 0.3 is 0 Å². The predicted molar refractivity (Wildman–Crippen MR) is 58.3 cm³/mol. The zero-order chi connectivity index (χ0) is 9.90. The third kappa shape index (κ3) is 2.68. The lowest BCUT2D eigenvalue weighted by molar-refractivity contribution is 0.256. The number of hydrogen-bond acceptors (Lipinski definition) is 1. The van der Waals surface area contributed by atoms with Crippen LogP contribution in [0.5, 0.6) is 0 Å². The molecule has 1 aliphatic rings. The first-order chi connectivity index (χ1) is 6.07.